The lowest BCUT2D eigenvalue weighted by Crippen LogP contribution is -2.35. The molecule has 3 rings (SSSR count). The molecular weight excluding hydrogens is 379 g/mol. The van der Waals surface area contributed by atoms with Crippen LogP contribution in [-0.4, -0.2) is 30.7 Å². The Labute approximate surface area is 165 Å². The number of ketones is 1. The second-order valence-electron chi connectivity index (χ2n) is 5.84. The molecule has 5 nitrogen and oxygen atoms in total. The summed E-state index contributed by atoms with van der Waals surface area (Å²) in [5, 5.41) is 7.01. The average molecular weight is 396 g/mol. The predicted octanol–water partition coefficient (Wildman–Crippen LogP) is 3.28. The molecule has 0 bridgehead atoms. The highest BCUT2D eigenvalue weighted by molar-refractivity contribution is 7.12. The zero-order valence-electron chi connectivity index (χ0n) is 14.8. The van der Waals surface area contributed by atoms with Crippen molar-refractivity contribution >= 4 is 28.9 Å². The first-order valence-corrected chi connectivity index (χ1v) is 9.44. The van der Waals surface area contributed by atoms with Gasteiger partial charge in [-0.2, -0.15) is 0 Å². The molecule has 142 valence electrons. The Morgan fingerprint density at radius 3 is 1.93 bits per heavy atom. The van der Waals surface area contributed by atoms with Crippen LogP contribution in [0.3, 0.4) is 0 Å². The highest BCUT2D eigenvalue weighted by Crippen LogP contribution is 2.18. The Morgan fingerprint density at radius 1 is 0.750 bits per heavy atom. The van der Waals surface area contributed by atoms with Gasteiger partial charge in [0, 0.05) is 18.7 Å². The van der Waals surface area contributed by atoms with Gasteiger partial charge in [0.2, 0.25) is 5.78 Å². The second kappa shape index (κ2) is 9.05. The Balaban J connectivity index is 1.58. The van der Waals surface area contributed by atoms with Gasteiger partial charge in [0.05, 0.1) is 16.0 Å². The van der Waals surface area contributed by atoms with E-state index in [4.69, 9.17) is 0 Å². The zero-order valence-corrected chi connectivity index (χ0v) is 15.6. The van der Waals surface area contributed by atoms with Gasteiger partial charge in [0.25, 0.3) is 11.8 Å². The summed E-state index contributed by atoms with van der Waals surface area (Å²) in [6.45, 7) is 0.264. The van der Waals surface area contributed by atoms with Gasteiger partial charge in [0.15, 0.2) is 0 Å². The maximum absolute atomic E-state index is 13.6. The summed E-state index contributed by atoms with van der Waals surface area (Å²) in [6, 6.07) is 15.7. The fraction of sp³-hybridized carbons (Fsp3) is 0.0952. The lowest BCUT2D eigenvalue weighted by Gasteiger charge is -2.10. The molecule has 0 atom stereocenters. The number of benzene rings is 2. The molecule has 0 aliphatic carbocycles. The first-order valence-electron chi connectivity index (χ1n) is 8.56. The van der Waals surface area contributed by atoms with Gasteiger partial charge < -0.3 is 10.6 Å². The van der Waals surface area contributed by atoms with Crippen molar-refractivity contribution in [3.05, 3.63) is 93.4 Å². The highest BCUT2D eigenvalue weighted by atomic mass is 32.1. The van der Waals surface area contributed by atoms with Crippen LogP contribution >= 0.6 is 11.3 Å². The second-order valence-corrected chi connectivity index (χ2v) is 6.79. The van der Waals surface area contributed by atoms with E-state index in [1.54, 1.807) is 47.8 Å². The first-order chi connectivity index (χ1) is 13.6. The van der Waals surface area contributed by atoms with Crippen LogP contribution in [0.1, 0.15) is 36.0 Å². The summed E-state index contributed by atoms with van der Waals surface area (Å²) >= 11 is 1.31. The molecular formula is C21H17FN2O3S. The number of carbonyl (C=O) groups is 3. The Morgan fingerprint density at radius 2 is 1.32 bits per heavy atom. The van der Waals surface area contributed by atoms with Crippen LogP contribution in [0.15, 0.2) is 66.0 Å². The third-order valence-corrected chi connectivity index (χ3v) is 4.84. The Hall–Kier alpha value is -3.32. The number of carbonyl (C=O) groups excluding carboxylic acids is 3. The number of halogens is 1. The topological polar surface area (TPSA) is 75.3 Å². The largest absolute Gasteiger partial charge is 0.350 e. The molecule has 0 unspecified atom stereocenters. The molecule has 0 spiro atoms. The smallest absolute Gasteiger partial charge is 0.254 e. The first kappa shape index (κ1) is 19.4. The van der Waals surface area contributed by atoms with Gasteiger partial charge in [-0.1, -0.05) is 36.4 Å². The van der Waals surface area contributed by atoms with E-state index in [9.17, 15) is 18.8 Å². The summed E-state index contributed by atoms with van der Waals surface area (Å²) in [7, 11) is 0. The molecule has 1 aromatic heterocycles. The summed E-state index contributed by atoms with van der Waals surface area (Å²) in [4.78, 5) is 37.6. The minimum atomic E-state index is -0.606. The van der Waals surface area contributed by atoms with Crippen LogP contribution in [0.5, 0.6) is 0 Å². The number of rotatable bonds is 7. The van der Waals surface area contributed by atoms with E-state index in [0.29, 0.717) is 10.4 Å². The molecule has 0 fully saturated rings. The molecule has 2 aromatic carbocycles. The summed E-state index contributed by atoms with van der Waals surface area (Å²) in [6.07, 6.45) is 0. The molecule has 1 heterocycles. The summed E-state index contributed by atoms with van der Waals surface area (Å²) < 4.78 is 13.6. The van der Waals surface area contributed by atoms with E-state index < -0.39 is 17.6 Å². The van der Waals surface area contributed by atoms with Crippen molar-refractivity contribution in [2.75, 3.05) is 13.1 Å². The molecule has 0 saturated heterocycles. The van der Waals surface area contributed by atoms with Gasteiger partial charge in [-0.15, -0.1) is 11.3 Å². The number of amides is 2. The number of thiophene rings is 1. The molecule has 28 heavy (non-hydrogen) atoms. The maximum Gasteiger partial charge on any atom is 0.254 e. The molecule has 2 amide bonds. The number of hydrogen-bond donors (Lipinski definition) is 2. The van der Waals surface area contributed by atoms with Gasteiger partial charge >= 0.3 is 0 Å². The van der Waals surface area contributed by atoms with Crippen molar-refractivity contribution in [3.8, 4) is 0 Å². The van der Waals surface area contributed by atoms with Crippen LogP contribution < -0.4 is 10.6 Å². The minimum absolute atomic E-state index is 0.0549. The van der Waals surface area contributed by atoms with Gasteiger partial charge in [-0.25, -0.2) is 4.39 Å². The molecule has 0 saturated carbocycles. The van der Waals surface area contributed by atoms with Crippen LogP contribution in [0, 0.1) is 5.82 Å². The molecule has 3 aromatic rings. The summed E-state index contributed by atoms with van der Waals surface area (Å²) in [5.74, 6) is -1.79. The van der Waals surface area contributed by atoms with Gasteiger partial charge in [-0.3, -0.25) is 14.4 Å². The molecule has 2 N–H and O–H groups in total. The fourth-order valence-corrected chi connectivity index (χ4v) is 3.29. The normalized spacial score (nSPS) is 10.3. The maximum atomic E-state index is 13.6. The minimum Gasteiger partial charge on any atom is -0.350 e. The summed E-state index contributed by atoms with van der Waals surface area (Å²) in [5.41, 5.74) is 0.528. The molecule has 0 aliphatic heterocycles. The third kappa shape index (κ3) is 4.50. The van der Waals surface area contributed by atoms with Crippen LogP contribution in [0.4, 0.5) is 4.39 Å². The van der Waals surface area contributed by atoms with E-state index in [0.717, 1.165) is 0 Å². The number of hydrogen-bond acceptors (Lipinski definition) is 4. The average Bonchev–Trinajstić information content (AvgIpc) is 3.25. The molecule has 0 radical (unpaired) electrons. The van der Waals surface area contributed by atoms with Crippen molar-refractivity contribution in [1.82, 2.24) is 10.6 Å². The van der Waals surface area contributed by atoms with E-state index in [2.05, 4.69) is 10.6 Å². The standard InChI is InChI=1S/C21H17FN2O3S/c22-17-9-4-3-8-16(17)21(27)24-12-11-23-20(26)15-7-2-1-6-14(15)19(25)18-10-5-13-28-18/h1-10,13H,11-12H2,(H,23,26)(H,24,27). The van der Waals surface area contributed by atoms with Crippen molar-refractivity contribution in [2.45, 2.75) is 0 Å². The van der Waals surface area contributed by atoms with Crippen molar-refractivity contribution in [2.24, 2.45) is 0 Å². The Kier molecular flexibility index (Phi) is 6.29. The van der Waals surface area contributed by atoms with Crippen molar-refractivity contribution in [1.29, 1.82) is 0 Å². The van der Waals surface area contributed by atoms with E-state index in [-0.39, 0.29) is 30.0 Å². The van der Waals surface area contributed by atoms with Crippen LogP contribution in [-0.2, 0) is 0 Å². The highest BCUT2D eigenvalue weighted by Gasteiger charge is 2.18. The predicted molar refractivity (Wildman–Crippen MR) is 105 cm³/mol. The lowest BCUT2D eigenvalue weighted by molar-refractivity contribution is 0.0922. The van der Waals surface area contributed by atoms with E-state index in [1.165, 1.54) is 29.5 Å². The van der Waals surface area contributed by atoms with Crippen LogP contribution in [0.25, 0.3) is 0 Å². The fourth-order valence-electron chi connectivity index (χ4n) is 2.61. The third-order valence-electron chi connectivity index (χ3n) is 3.98. The molecule has 0 aliphatic rings. The van der Waals surface area contributed by atoms with Gasteiger partial charge in [0.1, 0.15) is 5.82 Å². The van der Waals surface area contributed by atoms with Crippen molar-refractivity contribution in [3.63, 3.8) is 0 Å². The SMILES string of the molecule is O=C(NCCNC(=O)c1ccccc1C(=O)c1cccs1)c1ccccc1F. The van der Waals surface area contributed by atoms with Gasteiger partial charge in [-0.05, 0) is 29.6 Å². The quantitative estimate of drug-likeness (QED) is 0.475. The molecule has 7 heteroatoms. The lowest BCUT2D eigenvalue weighted by atomic mass is 10.0. The monoisotopic (exact) mass is 396 g/mol. The zero-order chi connectivity index (χ0) is 19.9. The Bertz CT molecular complexity index is 1000. The van der Waals surface area contributed by atoms with Crippen LogP contribution in [0.2, 0.25) is 0 Å². The number of nitrogens with one attached hydrogen (secondary N) is 2. The van der Waals surface area contributed by atoms with E-state index >= 15 is 0 Å². The van der Waals surface area contributed by atoms with Crippen molar-refractivity contribution < 1.29 is 18.8 Å². The van der Waals surface area contributed by atoms with E-state index in [1.807, 2.05) is 0 Å².